The van der Waals surface area contributed by atoms with E-state index in [1.807, 2.05) is 0 Å². The van der Waals surface area contributed by atoms with Crippen molar-refractivity contribution >= 4 is 39.3 Å². The van der Waals surface area contributed by atoms with E-state index in [1.165, 1.54) is 12.1 Å². The van der Waals surface area contributed by atoms with Crippen LogP contribution in [0, 0.1) is 17.1 Å². The zero-order valence-corrected chi connectivity index (χ0v) is 17.5. The lowest BCUT2D eigenvalue weighted by molar-refractivity contribution is -0.121. The molecule has 0 bridgehead atoms. The molecule has 0 saturated carbocycles. The maximum absolute atomic E-state index is 13.5. The minimum Gasteiger partial charge on any atom is -0.382 e. The molecule has 2 N–H and O–H groups in total. The van der Waals surface area contributed by atoms with Gasteiger partial charge in [-0.25, -0.2) is 4.39 Å². The minimum atomic E-state index is -0.605. The number of anilines is 1. The van der Waals surface area contributed by atoms with Crippen LogP contribution in [-0.4, -0.2) is 42.3 Å². The van der Waals surface area contributed by atoms with Gasteiger partial charge in [0.1, 0.15) is 17.4 Å². The highest BCUT2D eigenvalue weighted by Crippen LogP contribution is 2.26. The van der Waals surface area contributed by atoms with Gasteiger partial charge in [-0.15, -0.1) is 0 Å². The van der Waals surface area contributed by atoms with Crippen molar-refractivity contribution in [3.05, 3.63) is 63.4 Å². The van der Waals surface area contributed by atoms with E-state index in [2.05, 4.69) is 26.6 Å². The van der Waals surface area contributed by atoms with E-state index in [0.29, 0.717) is 29.8 Å². The number of carbonyl (C=O) groups is 3. The summed E-state index contributed by atoms with van der Waals surface area (Å²) in [5, 5.41) is 14.6. The number of imide groups is 1. The lowest BCUT2D eigenvalue weighted by Gasteiger charge is -2.13. The number of halogens is 2. The molecule has 1 aliphatic rings. The fourth-order valence-corrected chi connectivity index (χ4v) is 3.50. The molecule has 9 heteroatoms. The monoisotopic (exact) mass is 472 g/mol. The van der Waals surface area contributed by atoms with Gasteiger partial charge in [-0.3, -0.25) is 19.3 Å². The SMILES string of the molecule is N#Cc1c(F)cccc1NCCNC(=O)CCCN1C(=O)c2ccc(Br)cc2C1=O. The summed E-state index contributed by atoms with van der Waals surface area (Å²) >= 11 is 3.29. The van der Waals surface area contributed by atoms with Crippen LogP contribution in [0.15, 0.2) is 40.9 Å². The molecule has 7 nitrogen and oxygen atoms in total. The molecule has 0 fully saturated rings. The third-order valence-electron chi connectivity index (χ3n) is 4.61. The van der Waals surface area contributed by atoms with Crippen LogP contribution in [0.25, 0.3) is 0 Å². The van der Waals surface area contributed by atoms with E-state index < -0.39 is 5.82 Å². The summed E-state index contributed by atoms with van der Waals surface area (Å²) in [4.78, 5) is 37.9. The second-order valence-corrected chi connectivity index (χ2v) is 7.52. The van der Waals surface area contributed by atoms with Crippen LogP contribution in [0.4, 0.5) is 10.1 Å². The summed E-state index contributed by atoms with van der Waals surface area (Å²) in [6.45, 7) is 0.753. The van der Waals surface area contributed by atoms with Crippen LogP contribution >= 0.6 is 15.9 Å². The van der Waals surface area contributed by atoms with E-state index in [9.17, 15) is 18.8 Å². The van der Waals surface area contributed by atoms with Crippen molar-refractivity contribution in [1.29, 1.82) is 5.26 Å². The fourth-order valence-electron chi connectivity index (χ4n) is 3.14. The molecule has 0 saturated heterocycles. The maximum atomic E-state index is 13.5. The number of fused-ring (bicyclic) bond motifs is 1. The molecule has 0 spiro atoms. The number of nitriles is 1. The number of hydrogen-bond donors (Lipinski definition) is 2. The van der Waals surface area contributed by atoms with Crippen LogP contribution in [0.3, 0.4) is 0 Å². The van der Waals surface area contributed by atoms with Crippen LogP contribution in [0.2, 0.25) is 0 Å². The molecule has 154 valence electrons. The Labute approximate surface area is 181 Å². The van der Waals surface area contributed by atoms with Gasteiger partial charge >= 0.3 is 0 Å². The molecular weight excluding hydrogens is 455 g/mol. The van der Waals surface area contributed by atoms with Crippen molar-refractivity contribution in [2.24, 2.45) is 0 Å². The average Bonchev–Trinajstić information content (AvgIpc) is 2.95. The highest BCUT2D eigenvalue weighted by molar-refractivity contribution is 9.10. The fraction of sp³-hybridized carbons (Fsp3) is 0.238. The number of rotatable bonds is 8. The van der Waals surface area contributed by atoms with Crippen LogP contribution in [0.1, 0.15) is 39.1 Å². The molecule has 1 heterocycles. The van der Waals surface area contributed by atoms with Gasteiger partial charge in [0.05, 0.1) is 16.8 Å². The molecule has 0 unspecified atom stereocenters. The van der Waals surface area contributed by atoms with E-state index >= 15 is 0 Å². The van der Waals surface area contributed by atoms with Crippen LogP contribution in [0.5, 0.6) is 0 Å². The summed E-state index contributed by atoms with van der Waals surface area (Å²) < 4.78 is 14.3. The molecule has 0 radical (unpaired) electrons. The second kappa shape index (κ2) is 9.50. The Hall–Kier alpha value is -3.25. The van der Waals surface area contributed by atoms with Gasteiger partial charge in [0.15, 0.2) is 0 Å². The first-order valence-corrected chi connectivity index (χ1v) is 10.1. The number of carbonyl (C=O) groups excluding carboxylic acids is 3. The zero-order chi connectivity index (χ0) is 21.7. The molecule has 2 aromatic rings. The predicted molar refractivity (Wildman–Crippen MR) is 111 cm³/mol. The molecule has 1 aliphatic heterocycles. The molecule has 0 aromatic heterocycles. The summed E-state index contributed by atoms with van der Waals surface area (Å²) in [6.07, 6.45) is 0.495. The van der Waals surface area contributed by atoms with Gasteiger partial charge < -0.3 is 10.6 Å². The average molecular weight is 473 g/mol. The first-order valence-electron chi connectivity index (χ1n) is 9.27. The lowest BCUT2D eigenvalue weighted by Crippen LogP contribution is -2.33. The normalized spacial score (nSPS) is 12.5. The molecule has 0 aliphatic carbocycles. The van der Waals surface area contributed by atoms with Crippen molar-refractivity contribution in [2.75, 3.05) is 25.0 Å². The Morgan fingerprint density at radius 2 is 1.90 bits per heavy atom. The number of benzene rings is 2. The maximum Gasteiger partial charge on any atom is 0.261 e. The third-order valence-corrected chi connectivity index (χ3v) is 5.10. The minimum absolute atomic E-state index is 0.0724. The van der Waals surface area contributed by atoms with Crippen molar-refractivity contribution in [1.82, 2.24) is 10.2 Å². The van der Waals surface area contributed by atoms with E-state index in [-0.39, 0.29) is 42.8 Å². The van der Waals surface area contributed by atoms with Crippen molar-refractivity contribution in [3.63, 3.8) is 0 Å². The lowest BCUT2D eigenvalue weighted by atomic mass is 10.1. The van der Waals surface area contributed by atoms with E-state index in [1.54, 1.807) is 30.3 Å². The Morgan fingerprint density at radius 3 is 2.67 bits per heavy atom. The molecular formula is C21H18BrFN4O3. The number of hydrogen-bond acceptors (Lipinski definition) is 5. The van der Waals surface area contributed by atoms with Crippen molar-refractivity contribution in [2.45, 2.75) is 12.8 Å². The van der Waals surface area contributed by atoms with E-state index in [4.69, 9.17) is 5.26 Å². The van der Waals surface area contributed by atoms with Crippen molar-refractivity contribution in [3.8, 4) is 6.07 Å². The zero-order valence-electron chi connectivity index (χ0n) is 15.9. The van der Waals surface area contributed by atoms with Crippen LogP contribution < -0.4 is 10.6 Å². The van der Waals surface area contributed by atoms with Gasteiger partial charge in [-0.2, -0.15) is 5.26 Å². The highest BCUT2D eigenvalue weighted by Gasteiger charge is 2.35. The largest absolute Gasteiger partial charge is 0.382 e. The quantitative estimate of drug-likeness (QED) is 0.453. The summed E-state index contributed by atoms with van der Waals surface area (Å²) in [6, 6.07) is 11.0. The van der Waals surface area contributed by atoms with Gasteiger partial charge in [0.25, 0.3) is 11.8 Å². The Kier molecular flexibility index (Phi) is 6.79. The van der Waals surface area contributed by atoms with Gasteiger partial charge in [0, 0.05) is 30.5 Å². The summed E-state index contributed by atoms with van der Waals surface area (Å²) in [5.74, 6) is -1.54. The standard InChI is InChI=1S/C21H18BrFN4O3/c22-13-6-7-14-15(11-13)21(30)27(20(14)29)10-2-5-19(28)26-9-8-25-18-4-1-3-17(23)16(18)12-24/h1,3-4,6-7,11,25H,2,5,8-10H2,(H,26,28). The topological polar surface area (TPSA) is 102 Å². The van der Waals surface area contributed by atoms with E-state index in [0.717, 1.165) is 9.37 Å². The number of nitrogens with one attached hydrogen (secondary N) is 2. The van der Waals surface area contributed by atoms with Gasteiger partial charge in [0.2, 0.25) is 5.91 Å². The second-order valence-electron chi connectivity index (χ2n) is 6.61. The third kappa shape index (κ3) is 4.66. The summed E-state index contributed by atoms with van der Waals surface area (Å²) in [7, 11) is 0. The Bertz CT molecular complexity index is 1050. The molecule has 2 aromatic carbocycles. The molecule has 0 atom stereocenters. The molecule has 3 amide bonds. The van der Waals surface area contributed by atoms with Crippen molar-refractivity contribution < 1.29 is 18.8 Å². The number of amides is 3. The highest BCUT2D eigenvalue weighted by atomic mass is 79.9. The van der Waals surface area contributed by atoms with Gasteiger partial charge in [-0.1, -0.05) is 22.0 Å². The van der Waals surface area contributed by atoms with Crippen LogP contribution in [-0.2, 0) is 4.79 Å². The molecule has 3 rings (SSSR count). The predicted octanol–water partition coefficient (Wildman–Crippen LogP) is 3.06. The number of nitrogens with zero attached hydrogens (tertiary/aromatic N) is 2. The Morgan fingerprint density at radius 1 is 1.13 bits per heavy atom. The first-order chi connectivity index (χ1) is 14.4. The van der Waals surface area contributed by atoms with Gasteiger partial charge in [-0.05, 0) is 36.8 Å². The summed E-state index contributed by atoms with van der Waals surface area (Å²) in [5.41, 5.74) is 1.02. The smallest absolute Gasteiger partial charge is 0.261 e. The first kappa shape index (κ1) is 21.5. The Balaban J connectivity index is 1.40. The molecule has 30 heavy (non-hydrogen) atoms.